The molecule has 15 heavy (non-hydrogen) atoms. The van der Waals surface area contributed by atoms with Crippen LogP contribution >= 0.6 is 0 Å². The lowest BCUT2D eigenvalue weighted by atomic mass is 9.66. The van der Waals surface area contributed by atoms with Gasteiger partial charge in [0.1, 0.15) is 0 Å². The molecule has 2 saturated heterocycles. The first kappa shape index (κ1) is 10.4. The van der Waals surface area contributed by atoms with Crippen LogP contribution in [0.3, 0.4) is 0 Å². The van der Waals surface area contributed by atoms with Crippen LogP contribution in [0.25, 0.3) is 0 Å². The van der Waals surface area contributed by atoms with Gasteiger partial charge in [0.2, 0.25) is 0 Å². The van der Waals surface area contributed by atoms with E-state index in [0.29, 0.717) is 25.7 Å². The molecule has 1 N–H and O–H groups in total. The number of carbonyl (C=O) groups is 2. The predicted octanol–water partition coefficient (Wildman–Crippen LogP) is 0.573. The molecule has 0 radical (unpaired) electrons. The lowest BCUT2D eigenvalue weighted by molar-refractivity contribution is -0.215. The molecule has 2 bridgehead atoms. The molecule has 2 heterocycles. The largest absolute Gasteiger partial charge is 0.479 e. The van der Waals surface area contributed by atoms with E-state index in [1.54, 1.807) is 0 Å². The van der Waals surface area contributed by atoms with E-state index in [0.717, 1.165) is 0 Å². The average molecular weight is 214 g/mol. The Labute approximate surface area is 87.4 Å². The number of fused-ring (bicyclic) bond motifs is 3. The Morgan fingerprint density at radius 2 is 1.87 bits per heavy atom. The van der Waals surface area contributed by atoms with Gasteiger partial charge in [-0.2, -0.15) is 0 Å². The fourth-order valence-corrected chi connectivity index (χ4v) is 2.45. The number of ether oxygens (including phenoxy) is 2. The molecular weight excluding hydrogens is 200 g/mol. The van der Waals surface area contributed by atoms with Crippen LogP contribution in [0.4, 0.5) is 0 Å². The van der Waals surface area contributed by atoms with Crippen molar-refractivity contribution in [3.63, 3.8) is 0 Å². The molecule has 0 spiro atoms. The fraction of sp³-hybridized carbons (Fsp3) is 0.800. The van der Waals surface area contributed by atoms with Gasteiger partial charge in [-0.3, -0.25) is 4.79 Å². The molecule has 0 aromatic heterocycles. The number of carbonyl (C=O) groups excluding carboxylic acids is 1. The van der Waals surface area contributed by atoms with Crippen molar-refractivity contribution in [2.24, 2.45) is 5.41 Å². The van der Waals surface area contributed by atoms with E-state index < -0.39 is 17.0 Å². The molecule has 2 aliphatic heterocycles. The predicted molar refractivity (Wildman–Crippen MR) is 49.2 cm³/mol. The van der Waals surface area contributed by atoms with Crippen molar-refractivity contribution in [2.75, 3.05) is 13.7 Å². The van der Waals surface area contributed by atoms with Crippen molar-refractivity contribution in [2.45, 2.75) is 31.3 Å². The molecule has 3 aliphatic rings. The highest BCUT2D eigenvalue weighted by molar-refractivity contribution is 5.81. The van der Waals surface area contributed by atoms with Crippen molar-refractivity contribution >= 4 is 11.9 Å². The molecule has 3 rings (SSSR count). The number of carboxylic acid groups (broad SMARTS) is 1. The van der Waals surface area contributed by atoms with E-state index in [4.69, 9.17) is 14.6 Å². The molecule has 0 atom stereocenters. The first-order valence-electron chi connectivity index (χ1n) is 5.00. The number of rotatable bonds is 2. The summed E-state index contributed by atoms with van der Waals surface area (Å²) in [7, 11) is 1.35. The minimum atomic E-state index is -1.05. The summed E-state index contributed by atoms with van der Waals surface area (Å²) in [5, 5.41) is 9.05. The molecule has 1 aliphatic carbocycles. The fourth-order valence-electron chi connectivity index (χ4n) is 2.45. The van der Waals surface area contributed by atoms with Gasteiger partial charge in [0, 0.05) is 0 Å². The highest BCUT2D eigenvalue weighted by atomic mass is 16.5. The third kappa shape index (κ3) is 1.33. The quantitative estimate of drug-likeness (QED) is 0.680. The van der Waals surface area contributed by atoms with E-state index in [1.165, 1.54) is 7.11 Å². The van der Waals surface area contributed by atoms with Gasteiger partial charge in [-0.25, -0.2) is 4.79 Å². The van der Waals surface area contributed by atoms with Crippen LogP contribution in [0, 0.1) is 5.41 Å². The number of hydrogen-bond acceptors (Lipinski definition) is 4. The van der Waals surface area contributed by atoms with Crippen molar-refractivity contribution in [1.29, 1.82) is 0 Å². The first-order chi connectivity index (χ1) is 7.05. The molecule has 5 heteroatoms. The molecule has 0 aromatic rings. The Morgan fingerprint density at radius 1 is 1.27 bits per heavy atom. The molecular formula is C10H14O5. The summed E-state index contributed by atoms with van der Waals surface area (Å²) in [4.78, 5) is 22.6. The molecule has 0 unspecified atom stereocenters. The second kappa shape index (κ2) is 3.20. The Hall–Kier alpha value is -1.10. The number of carboxylic acids is 1. The summed E-state index contributed by atoms with van der Waals surface area (Å²) in [5.41, 5.74) is -1.64. The summed E-state index contributed by atoms with van der Waals surface area (Å²) in [6.45, 7) is 0.173. The topological polar surface area (TPSA) is 72.8 Å². The average Bonchev–Trinajstić information content (AvgIpc) is 2.30. The minimum absolute atomic E-state index is 0.173. The van der Waals surface area contributed by atoms with Gasteiger partial charge in [0.25, 0.3) is 0 Å². The number of methoxy groups -OCH3 is 1. The smallest absolute Gasteiger partial charge is 0.335 e. The van der Waals surface area contributed by atoms with Gasteiger partial charge < -0.3 is 14.6 Å². The van der Waals surface area contributed by atoms with Crippen LogP contribution in [-0.4, -0.2) is 36.4 Å². The Kier molecular flexibility index (Phi) is 2.22. The Morgan fingerprint density at radius 3 is 2.20 bits per heavy atom. The maximum absolute atomic E-state index is 11.6. The normalized spacial score (nSPS) is 38.7. The van der Waals surface area contributed by atoms with Crippen LogP contribution in [0.1, 0.15) is 25.7 Å². The van der Waals surface area contributed by atoms with Gasteiger partial charge in [0.15, 0.2) is 5.60 Å². The van der Waals surface area contributed by atoms with Crippen LogP contribution in [-0.2, 0) is 19.1 Å². The summed E-state index contributed by atoms with van der Waals surface area (Å²) in [5.74, 6) is -1.19. The van der Waals surface area contributed by atoms with Crippen LogP contribution in [0.2, 0.25) is 0 Å². The van der Waals surface area contributed by atoms with Gasteiger partial charge in [-0.1, -0.05) is 0 Å². The van der Waals surface area contributed by atoms with Crippen molar-refractivity contribution in [3.05, 3.63) is 0 Å². The van der Waals surface area contributed by atoms with E-state index >= 15 is 0 Å². The number of hydrogen-bond donors (Lipinski definition) is 1. The third-order valence-electron chi connectivity index (χ3n) is 3.65. The van der Waals surface area contributed by atoms with Crippen LogP contribution < -0.4 is 0 Å². The Bertz CT molecular complexity index is 284. The minimum Gasteiger partial charge on any atom is -0.479 e. The molecule has 3 fully saturated rings. The molecule has 5 nitrogen and oxygen atoms in total. The maximum atomic E-state index is 11.6. The summed E-state index contributed by atoms with van der Waals surface area (Å²) < 4.78 is 10.1. The molecule has 84 valence electrons. The van der Waals surface area contributed by atoms with Gasteiger partial charge in [-0.15, -0.1) is 0 Å². The zero-order valence-electron chi connectivity index (χ0n) is 8.62. The standard InChI is InChI=1S/C10H14O5/c1-14-8(13)9-2-4-10(5-3-9,7(11)12)15-6-9/h2-6H2,1H3,(H,11,12). The van der Waals surface area contributed by atoms with Crippen molar-refractivity contribution in [1.82, 2.24) is 0 Å². The van der Waals surface area contributed by atoms with Gasteiger partial charge in [0.05, 0.1) is 19.1 Å². The van der Waals surface area contributed by atoms with Gasteiger partial charge >= 0.3 is 11.9 Å². The lowest BCUT2D eigenvalue weighted by Gasteiger charge is -2.48. The highest BCUT2D eigenvalue weighted by Gasteiger charge is 2.57. The van der Waals surface area contributed by atoms with Gasteiger partial charge in [-0.05, 0) is 25.7 Å². The van der Waals surface area contributed by atoms with Crippen LogP contribution in [0.15, 0.2) is 0 Å². The van der Waals surface area contributed by atoms with Crippen LogP contribution in [0.5, 0.6) is 0 Å². The second-order valence-electron chi connectivity index (χ2n) is 4.36. The Balaban J connectivity index is 2.17. The van der Waals surface area contributed by atoms with E-state index in [2.05, 4.69) is 0 Å². The van der Waals surface area contributed by atoms with Crippen molar-refractivity contribution in [3.8, 4) is 0 Å². The summed E-state index contributed by atoms with van der Waals surface area (Å²) in [6, 6.07) is 0. The monoisotopic (exact) mass is 214 g/mol. The zero-order valence-corrected chi connectivity index (χ0v) is 8.62. The van der Waals surface area contributed by atoms with E-state index in [-0.39, 0.29) is 12.6 Å². The maximum Gasteiger partial charge on any atom is 0.335 e. The first-order valence-corrected chi connectivity index (χ1v) is 5.00. The number of aliphatic carboxylic acids is 1. The summed E-state index contributed by atoms with van der Waals surface area (Å²) in [6.07, 6.45) is 1.90. The van der Waals surface area contributed by atoms with Crippen molar-refractivity contribution < 1.29 is 24.2 Å². The highest BCUT2D eigenvalue weighted by Crippen LogP contribution is 2.49. The van der Waals surface area contributed by atoms with E-state index in [9.17, 15) is 9.59 Å². The molecule has 1 saturated carbocycles. The third-order valence-corrected chi connectivity index (χ3v) is 3.65. The summed E-state index contributed by atoms with van der Waals surface area (Å²) >= 11 is 0. The molecule has 0 aromatic carbocycles. The van der Waals surface area contributed by atoms with E-state index in [1.807, 2.05) is 0 Å². The zero-order chi connectivity index (χ0) is 11.1. The molecule has 0 amide bonds. The second-order valence-corrected chi connectivity index (χ2v) is 4.36. The lowest BCUT2D eigenvalue weighted by Crippen LogP contribution is -2.58. The number of esters is 1. The SMILES string of the molecule is COC(=O)C12CCC(C(=O)O)(CC1)OC2.